The normalized spacial score (nSPS) is 10.5. The molecule has 0 fully saturated rings. The van der Waals surface area contributed by atoms with E-state index in [9.17, 15) is 4.79 Å². The first kappa shape index (κ1) is 12.1. The van der Waals surface area contributed by atoms with Gasteiger partial charge in [0.15, 0.2) is 0 Å². The average Bonchev–Trinajstić information content (AvgIpc) is 2.84. The molecule has 1 amide bonds. The number of carbonyl (C=O) groups excluding carboxylic acids is 1. The zero-order valence-corrected chi connectivity index (χ0v) is 11.1. The van der Waals surface area contributed by atoms with Crippen LogP contribution >= 0.6 is 22.9 Å². The van der Waals surface area contributed by atoms with Gasteiger partial charge in [-0.15, -0.1) is 11.3 Å². The number of carbonyl (C=O) groups is 1. The van der Waals surface area contributed by atoms with Crippen LogP contribution in [0.4, 0.5) is 0 Å². The van der Waals surface area contributed by atoms with Crippen LogP contribution in [-0.2, 0) is 13.6 Å². The van der Waals surface area contributed by atoms with Gasteiger partial charge < -0.3 is 5.32 Å². The van der Waals surface area contributed by atoms with Gasteiger partial charge in [-0.05, 0) is 19.1 Å². The number of thiophene rings is 1. The highest BCUT2D eigenvalue weighted by Gasteiger charge is 2.12. The molecule has 0 unspecified atom stereocenters. The van der Waals surface area contributed by atoms with E-state index in [1.54, 1.807) is 10.9 Å². The molecule has 2 heterocycles. The van der Waals surface area contributed by atoms with E-state index < -0.39 is 0 Å². The van der Waals surface area contributed by atoms with Crippen molar-refractivity contribution in [3.8, 4) is 0 Å². The van der Waals surface area contributed by atoms with E-state index in [1.165, 1.54) is 11.3 Å². The maximum atomic E-state index is 11.9. The lowest BCUT2D eigenvalue weighted by Gasteiger charge is -2.02. The molecule has 17 heavy (non-hydrogen) atoms. The highest BCUT2D eigenvalue weighted by molar-refractivity contribution is 7.16. The number of amides is 1. The summed E-state index contributed by atoms with van der Waals surface area (Å²) in [6.07, 6.45) is 1.58. The first-order valence-corrected chi connectivity index (χ1v) is 6.28. The minimum Gasteiger partial charge on any atom is -0.347 e. The lowest BCUT2D eigenvalue weighted by Crippen LogP contribution is -2.22. The Morgan fingerprint density at radius 2 is 2.35 bits per heavy atom. The predicted molar refractivity (Wildman–Crippen MR) is 68.4 cm³/mol. The summed E-state index contributed by atoms with van der Waals surface area (Å²) in [4.78, 5) is 12.9. The second kappa shape index (κ2) is 4.89. The Morgan fingerprint density at radius 1 is 1.59 bits per heavy atom. The van der Waals surface area contributed by atoms with Crippen LogP contribution in [-0.4, -0.2) is 15.7 Å². The van der Waals surface area contributed by atoms with Gasteiger partial charge in [0.05, 0.1) is 22.6 Å². The Bertz CT molecular complexity index is 547. The monoisotopic (exact) mass is 269 g/mol. The first-order valence-electron chi connectivity index (χ1n) is 5.09. The van der Waals surface area contributed by atoms with Gasteiger partial charge in [0.25, 0.3) is 5.91 Å². The summed E-state index contributed by atoms with van der Waals surface area (Å²) in [5.41, 5.74) is 1.46. The fraction of sp³-hybridized carbons (Fsp3) is 0.273. The molecule has 2 aromatic rings. The van der Waals surface area contributed by atoms with Crippen molar-refractivity contribution in [2.75, 3.05) is 0 Å². The number of nitrogens with one attached hydrogen (secondary N) is 1. The lowest BCUT2D eigenvalue weighted by atomic mass is 10.2. The third kappa shape index (κ3) is 2.68. The van der Waals surface area contributed by atoms with E-state index in [0.29, 0.717) is 12.1 Å². The molecule has 90 valence electrons. The van der Waals surface area contributed by atoms with Crippen molar-refractivity contribution in [1.29, 1.82) is 0 Å². The van der Waals surface area contributed by atoms with E-state index >= 15 is 0 Å². The topological polar surface area (TPSA) is 46.9 Å². The molecular formula is C11H12ClN3OS. The van der Waals surface area contributed by atoms with Gasteiger partial charge in [0, 0.05) is 17.6 Å². The molecule has 2 rings (SSSR count). The summed E-state index contributed by atoms with van der Waals surface area (Å²) in [6.45, 7) is 2.36. The zero-order chi connectivity index (χ0) is 12.4. The van der Waals surface area contributed by atoms with Crippen LogP contribution in [0.2, 0.25) is 4.34 Å². The summed E-state index contributed by atoms with van der Waals surface area (Å²) in [7, 11) is 1.81. The van der Waals surface area contributed by atoms with Gasteiger partial charge in [-0.3, -0.25) is 9.48 Å². The first-order chi connectivity index (χ1) is 8.08. The van der Waals surface area contributed by atoms with Gasteiger partial charge in [0.2, 0.25) is 0 Å². The molecule has 2 aromatic heterocycles. The van der Waals surface area contributed by atoms with Crippen molar-refractivity contribution in [1.82, 2.24) is 15.1 Å². The van der Waals surface area contributed by atoms with Crippen molar-refractivity contribution < 1.29 is 4.79 Å². The average molecular weight is 270 g/mol. The van der Waals surface area contributed by atoms with Gasteiger partial charge in [-0.25, -0.2) is 0 Å². The maximum absolute atomic E-state index is 11.9. The Kier molecular flexibility index (Phi) is 3.49. The Labute approximate surface area is 108 Å². The fourth-order valence-corrected chi connectivity index (χ4v) is 2.46. The molecule has 0 radical (unpaired) electrons. The number of aryl methyl sites for hydroxylation is 1. The number of aromatic nitrogens is 2. The molecular weight excluding hydrogens is 258 g/mol. The molecule has 0 atom stereocenters. The van der Waals surface area contributed by atoms with Gasteiger partial charge in [0.1, 0.15) is 0 Å². The summed E-state index contributed by atoms with van der Waals surface area (Å²) in [6, 6.07) is 3.73. The van der Waals surface area contributed by atoms with Crippen molar-refractivity contribution in [3.63, 3.8) is 0 Å². The van der Waals surface area contributed by atoms with Gasteiger partial charge in [-0.1, -0.05) is 11.6 Å². The van der Waals surface area contributed by atoms with E-state index in [0.717, 1.165) is 14.9 Å². The minimum atomic E-state index is -0.111. The van der Waals surface area contributed by atoms with E-state index in [4.69, 9.17) is 11.6 Å². The molecule has 0 saturated carbocycles. The molecule has 6 heteroatoms. The number of hydrogen-bond acceptors (Lipinski definition) is 3. The summed E-state index contributed by atoms with van der Waals surface area (Å²) in [5, 5.41) is 6.88. The highest BCUT2D eigenvalue weighted by atomic mass is 35.5. The Balaban J connectivity index is 2.00. The Hall–Kier alpha value is -1.33. The zero-order valence-electron chi connectivity index (χ0n) is 9.53. The summed E-state index contributed by atoms with van der Waals surface area (Å²) in [5.74, 6) is -0.111. The third-order valence-electron chi connectivity index (χ3n) is 2.53. The minimum absolute atomic E-state index is 0.111. The van der Waals surface area contributed by atoms with E-state index in [2.05, 4.69) is 10.4 Å². The van der Waals surface area contributed by atoms with Crippen LogP contribution in [0.1, 0.15) is 20.9 Å². The smallest absolute Gasteiger partial charge is 0.255 e. The number of rotatable bonds is 3. The van der Waals surface area contributed by atoms with Crippen LogP contribution in [0.25, 0.3) is 0 Å². The molecule has 1 N–H and O–H groups in total. The van der Waals surface area contributed by atoms with Crippen LogP contribution in [0.5, 0.6) is 0 Å². The van der Waals surface area contributed by atoms with Crippen LogP contribution in [0, 0.1) is 6.92 Å². The highest BCUT2D eigenvalue weighted by Crippen LogP contribution is 2.21. The second-order valence-electron chi connectivity index (χ2n) is 3.66. The van der Waals surface area contributed by atoms with Crippen molar-refractivity contribution in [3.05, 3.63) is 38.8 Å². The van der Waals surface area contributed by atoms with E-state index in [-0.39, 0.29) is 5.91 Å². The van der Waals surface area contributed by atoms with Crippen LogP contribution < -0.4 is 5.32 Å². The molecule has 0 aliphatic rings. The summed E-state index contributed by atoms with van der Waals surface area (Å²) >= 11 is 7.28. The standard InChI is InChI=1S/C11H12ClN3OS/c1-7-9(6-14-15(7)2)11(16)13-5-8-3-4-10(12)17-8/h3-4,6H,5H2,1-2H3,(H,13,16). The van der Waals surface area contributed by atoms with Crippen LogP contribution in [0.15, 0.2) is 18.3 Å². The molecule has 4 nitrogen and oxygen atoms in total. The maximum Gasteiger partial charge on any atom is 0.255 e. The SMILES string of the molecule is Cc1c(C(=O)NCc2ccc(Cl)s2)cnn1C. The largest absolute Gasteiger partial charge is 0.347 e. The predicted octanol–water partition coefficient (Wildman–Crippen LogP) is 2.37. The number of hydrogen-bond donors (Lipinski definition) is 1. The molecule has 0 aliphatic carbocycles. The van der Waals surface area contributed by atoms with Gasteiger partial charge in [-0.2, -0.15) is 5.10 Å². The van der Waals surface area contributed by atoms with Crippen LogP contribution in [0.3, 0.4) is 0 Å². The second-order valence-corrected chi connectivity index (χ2v) is 5.46. The quantitative estimate of drug-likeness (QED) is 0.930. The fourth-order valence-electron chi connectivity index (χ4n) is 1.43. The molecule has 0 spiro atoms. The molecule has 0 saturated heterocycles. The third-order valence-corrected chi connectivity index (χ3v) is 3.76. The number of nitrogens with zero attached hydrogens (tertiary/aromatic N) is 2. The van der Waals surface area contributed by atoms with E-state index in [1.807, 2.05) is 26.1 Å². The number of halogens is 1. The van der Waals surface area contributed by atoms with Crippen molar-refractivity contribution in [2.45, 2.75) is 13.5 Å². The molecule has 0 aliphatic heterocycles. The Morgan fingerprint density at radius 3 is 2.88 bits per heavy atom. The molecule has 0 aromatic carbocycles. The van der Waals surface area contributed by atoms with Crippen molar-refractivity contribution >= 4 is 28.8 Å². The van der Waals surface area contributed by atoms with Crippen molar-refractivity contribution in [2.24, 2.45) is 7.05 Å². The molecule has 0 bridgehead atoms. The lowest BCUT2D eigenvalue weighted by molar-refractivity contribution is 0.0950. The summed E-state index contributed by atoms with van der Waals surface area (Å²) < 4.78 is 2.41. The van der Waals surface area contributed by atoms with Gasteiger partial charge >= 0.3 is 0 Å².